The van der Waals surface area contributed by atoms with E-state index in [1.807, 2.05) is 48.8 Å². The molecule has 0 amide bonds. The van der Waals surface area contributed by atoms with Gasteiger partial charge in [-0.05, 0) is 12.1 Å². The Labute approximate surface area is 179 Å². The molecule has 140 valence electrons. The molecule has 1 aromatic heterocycles. The van der Waals surface area contributed by atoms with Gasteiger partial charge in [0.15, 0.2) is 18.9 Å². The van der Waals surface area contributed by atoms with Crippen LogP contribution in [0.2, 0.25) is 10.0 Å². The van der Waals surface area contributed by atoms with Crippen LogP contribution in [-0.2, 0) is 21.8 Å². The van der Waals surface area contributed by atoms with Crippen LogP contribution in [0.3, 0.4) is 0 Å². The van der Waals surface area contributed by atoms with Crippen molar-refractivity contribution >= 4 is 23.2 Å². The Bertz CT molecular complexity index is 898. The minimum atomic E-state index is -0.944. The van der Waals surface area contributed by atoms with E-state index in [0.29, 0.717) is 23.3 Å². The molecule has 0 saturated carbocycles. The van der Waals surface area contributed by atoms with E-state index >= 15 is 0 Å². The first-order chi connectivity index (χ1) is 12.7. The Kier molecular flexibility index (Phi) is 6.56. The van der Waals surface area contributed by atoms with Crippen LogP contribution in [0.4, 0.5) is 0 Å². The minimum absolute atomic E-state index is 0. The molecule has 0 bridgehead atoms. The predicted molar refractivity (Wildman–Crippen MR) is 101 cm³/mol. The quantitative estimate of drug-likeness (QED) is 0.545. The van der Waals surface area contributed by atoms with E-state index in [-0.39, 0.29) is 17.0 Å². The molecule has 4 rings (SSSR count). The van der Waals surface area contributed by atoms with Gasteiger partial charge in [-0.25, -0.2) is 4.57 Å². The van der Waals surface area contributed by atoms with Crippen molar-refractivity contribution in [1.29, 1.82) is 0 Å². The van der Waals surface area contributed by atoms with Crippen LogP contribution >= 0.6 is 23.2 Å². The summed E-state index contributed by atoms with van der Waals surface area (Å²) in [5.41, 5.74) is 3.01. The molecule has 0 atom stereocenters. The van der Waals surface area contributed by atoms with Crippen LogP contribution in [0.15, 0.2) is 73.1 Å². The van der Waals surface area contributed by atoms with Gasteiger partial charge < -0.3 is 26.5 Å². The molecule has 0 unspecified atom stereocenters. The summed E-state index contributed by atoms with van der Waals surface area (Å²) in [7, 11) is 0. The molecule has 6 heteroatoms. The lowest BCUT2D eigenvalue weighted by atomic mass is 9.98. The molecule has 27 heavy (non-hydrogen) atoms. The van der Waals surface area contributed by atoms with Crippen LogP contribution < -0.4 is 21.5 Å². The fourth-order valence-corrected chi connectivity index (χ4v) is 3.49. The number of rotatable bonds is 4. The largest absolute Gasteiger partial charge is 1.00 e. The molecule has 2 aromatic carbocycles. The maximum absolute atomic E-state index is 6.21. The Hall–Kier alpha value is -1.43. The normalized spacial score (nSPS) is 15.3. The standard InChI is InChI=1S/C21H18Cl2NO2.BrH/c22-19-7-6-18(14-20(19)23)21(25-12-13-26-21)17-8-10-24(11-9-17)15-16-4-2-1-3-5-16;/h1-11,14H,12-13,15H2;1H/q+1;/p-1. The molecule has 0 N–H and O–H groups in total. The highest BCUT2D eigenvalue weighted by Crippen LogP contribution is 2.40. The molecule has 0 spiro atoms. The van der Waals surface area contributed by atoms with Gasteiger partial charge in [0, 0.05) is 28.8 Å². The summed E-state index contributed by atoms with van der Waals surface area (Å²) in [6.07, 6.45) is 4.07. The second kappa shape index (κ2) is 8.72. The number of ether oxygens (including phenoxy) is 2. The van der Waals surface area contributed by atoms with Crippen molar-refractivity contribution in [2.45, 2.75) is 12.3 Å². The number of hydrogen-bond donors (Lipinski definition) is 0. The molecule has 1 fully saturated rings. The van der Waals surface area contributed by atoms with Gasteiger partial charge in [-0.15, -0.1) is 0 Å². The third kappa shape index (κ3) is 4.20. The van der Waals surface area contributed by atoms with E-state index in [0.717, 1.165) is 17.7 Å². The maximum atomic E-state index is 6.21. The molecular weight excluding hydrogens is 449 g/mol. The number of benzene rings is 2. The first kappa shape index (κ1) is 20.3. The molecular formula is C21H18BrCl2NO2. The fraction of sp³-hybridized carbons (Fsp3) is 0.190. The SMILES string of the molecule is Clc1ccc(C2(c3cc[n+](Cc4ccccc4)cc3)OCCO2)cc1Cl.[Br-]. The summed E-state index contributed by atoms with van der Waals surface area (Å²) in [6, 6.07) is 19.9. The third-order valence-electron chi connectivity index (χ3n) is 4.47. The average molecular weight is 467 g/mol. The van der Waals surface area contributed by atoms with Crippen molar-refractivity contribution < 1.29 is 31.0 Å². The summed E-state index contributed by atoms with van der Waals surface area (Å²) in [5.74, 6) is -0.944. The van der Waals surface area contributed by atoms with Gasteiger partial charge in [-0.3, -0.25) is 0 Å². The fourth-order valence-electron chi connectivity index (χ4n) is 3.19. The van der Waals surface area contributed by atoms with Gasteiger partial charge in [0.05, 0.1) is 23.3 Å². The van der Waals surface area contributed by atoms with Gasteiger partial charge in [-0.1, -0.05) is 59.6 Å². The number of hydrogen-bond acceptors (Lipinski definition) is 2. The van der Waals surface area contributed by atoms with Crippen molar-refractivity contribution in [2.75, 3.05) is 13.2 Å². The highest BCUT2D eigenvalue weighted by atomic mass is 79.9. The highest BCUT2D eigenvalue weighted by Gasteiger charge is 2.41. The van der Waals surface area contributed by atoms with Crippen molar-refractivity contribution in [3.8, 4) is 0 Å². The monoisotopic (exact) mass is 465 g/mol. The molecule has 3 nitrogen and oxygen atoms in total. The van der Waals surface area contributed by atoms with E-state index in [9.17, 15) is 0 Å². The Morgan fingerprint density at radius 1 is 0.815 bits per heavy atom. The van der Waals surface area contributed by atoms with Crippen molar-refractivity contribution in [1.82, 2.24) is 0 Å². The summed E-state index contributed by atoms with van der Waals surface area (Å²) in [5, 5.41) is 0.995. The molecule has 0 aliphatic carbocycles. The lowest BCUT2D eigenvalue weighted by Gasteiger charge is -2.28. The van der Waals surface area contributed by atoms with E-state index in [4.69, 9.17) is 32.7 Å². The summed E-state index contributed by atoms with van der Waals surface area (Å²) in [6.45, 7) is 1.86. The van der Waals surface area contributed by atoms with Crippen molar-refractivity contribution in [3.05, 3.63) is 99.8 Å². The zero-order valence-corrected chi connectivity index (χ0v) is 17.5. The Balaban J connectivity index is 0.00000210. The number of pyridine rings is 1. The van der Waals surface area contributed by atoms with E-state index in [1.165, 1.54) is 5.56 Å². The molecule has 3 aromatic rings. The van der Waals surface area contributed by atoms with Crippen LogP contribution in [0.5, 0.6) is 0 Å². The molecule has 1 saturated heterocycles. The molecule has 2 heterocycles. The molecule has 1 aliphatic heterocycles. The van der Waals surface area contributed by atoms with Crippen LogP contribution in [0.25, 0.3) is 0 Å². The number of aromatic nitrogens is 1. The zero-order valence-electron chi connectivity index (χ0n) is 14.4. The first-order valence-corrected chi connectivity index (χ1v) is 9.20. The van der Waals surface area contributed by atoms with Gasteiger partial charge >= 0.3 is 0 Å². The van der Waals surface area contributed by atoms with Gasteiger partial charge in [-0.2, -0.15) is 0 Å². The second-order valence-corrected chi connectivity index (χ2v) is 7.00. The zero-order chi connectivity index (χ0) is 18.0. The summed E-state index contributed by atoms with van der Waals surface area (Å²) >= 11 is 12.3. The topological polar surface area (TPSA) is 22.3 Å². The minimum Gasteiger partial charge on any atom is -1.00 e. The van der Waals surface area contributed by atoms with Gasteiger partial charge in [0.25, 0.3) is 0 Å². The Morgan fingerprint density at radius 3 is 2.11 bits per heavy atom. The lowest BCUT2D eigenvalue weighted by molar-refractivity contribution is -0.688. The second-order valence-electron chi connectivity index (χ2n) is 6.19. The summed E-state index contributed by atoms with van der Waals surface area (Å²) in [4.78, 5) is 0. The third-order valence-corrected chi connectivity index (χ3v) is 5.21. The maximum Gasteiger partial charge on any atom is 0.223 e. The van der Waals surface area contributed by atoms with Crippen molar-refractivity contribution in [2.24, 2.45) is 0 Å². The van der Waals surface area contributed by atoms with Crippen LogP contribution in [-0.4, -0.2) is 13.2 Å². The highest BCUT2D eigenvalue weighted by molar-refractivity contribution is 6.42. The van der Waals surface area contributed by atoms with Gasteiger partial charge in [0.1, 0.15) is 0 Å². The van der Waals surface area contributed by atoms with Crippen molar-refractivity contribution in [3.63, 3.8) is 0 Å². The first-order valence-electron chi connectivity index (χ1n) is 8.44. The van der Waals surface area contributed by atoms with E-state index in [1.54, 1.807) is 12.1 Å². The smallest absolute Gasteiger partial charge is 0.223 e. The molecule has 1 aliphatic rings. The number of halogens is 3. The molecule has 0 radical (unpaired) electrons. The predicted octanol–water partition coefficient (Wildman–Crippen LogP) is 1.58. The lowest BCUT2D eigenvalue weighted by Crippen LogP contribution is -3.00. The van der Waals surface area contributed by atoms with Gasteiger partial charge in [0.2, 0.25) is 5.79 Å². The van der Waals surface area contributed by atoms with E-state index < -0.39 is 5.79 Å². The average Bonchev–Trinajstić information content (AvgIpc) is 3.16. The van der Waals surface area contributed by atoms with Crippen LogP contribution in [0.1, 0.15) is 16.7 Å². The number of nitrogens with zero attached hydrogens (tertiary/aromatic N) is 1. The summed E-state index contributed by atoms with van der Waals surface area (Å²) < 4.78 is 14.2. The van der Waals surface area contributed by atoms with Crippen LogP contribution in [0, 0.1) is 0 Å². The van der Waals surface area contributed by atoms with E-state index in [2.05, 4.69) is 16.7 Å². The Morgan fingerprint density at radius 2 is 1.48 bits per heavy atom.